The van der Waals surface area contributed by atoms with Crippen molar-refractivity contribution in [1.82, 2.24) is 15.3 Å². The van der Waals surface area contributed by atoms with E-state index in [0.717, 1.165) is 45.7 Å². The minimum Gasteiger partial charge on any atom is -0.370 e. The third kappa shape index (κ3) is 7.51. The van der Waals surface area contributed by atoms with Gasteiger partial charge in [0.25, 0.3) is 0 Å². The zero-order valence-electron chi connectivity index (χ0n) is 22.3. The highest BCUT2D eigenvalue weighted by atomic mass is 32.2. The number of amides is 1. The van der Waals surface area contributed by atoms with Gasteiger partial charge in [0, 0.05) is 77.8 Å². The minimum absolute atomic E-state index is 0.218. The van der Waals surface area contributed by atoms with E-state index in [1.54, 1.807) is 6.20 Å². The van der Waals surface area contributed by atoms with Crippen molar-refractivity contribution in [3.63, 3.8) is 0 Å². The lowest BCUT2D eigenvalue weighted by Crippen LogP contribution is -2.42. The van der Waals surface area contributed by atoms with Crippen molar-refractivity contribution in [2.45, 2.75) is 50.0 Å². The summed E-state index contributed by atoms with van der Waals surface area (Å²) in [6.45, 7) is 1.67. The number of hydrogen-bond donors (Lipinski definition) is 1. The second kappa shape index (κ2) is 12.3. The van der Waals surface area contributed by atoms with Crippen molar-refractivity contribution in [1.29, 1.82) is 5.26 Å². The molecule has 0 radical (unpaired) electrons. The van der Waals surface area contributed by atoms with E-state index < -0.39 is 22.3 Å². The second-order valence-electron chi connectivity index (χ2n) is 10.6. The first-order valence-electron chi connectivity index (χ1n) is 13.5. The molecule has 3 fully saturated rings. The monoisotopic (exact) mass is 601 g/mol. The number of aromatic nitrogens is 2. The van der Waals surface area contributed by atoms with Crippen LogP contribution in [-0.2, 0) is 15.6 Å². The van der Waals surface area contributed by atoms with Crippen molar-refractivity contribution >= 4 is 33.7 Å². The molecule has 1 N–H and O–H groups in total. The lowest BCUT2D eigenvalue weighted by atomic mass is 9.86. The Balaban J connectivity index is 0.000000182. The molecule has 2 aromatic heterocycles. The Kier molecular flexibility index (Phi) is 8.75. The molecule has 0 spiro atoms. The van der Waals surface area contributed by atoms with E-state index in [-0.39, 0.29) is 43.3 Å². The standard InChI is InChI=1S/C18H16FN3OS2.C11H14F2N2O/c19-15-9-14(10-20-11-15)18-21-12-17(24-18)13-1-3-16(4-2-13)22-5-7-25(23)8-6-22;12-11(13)3-1-8(2-4-11)9(16)15-10(7-14)5-6-10/h1-4,9-12H,5-8H2;8H,1-6H2,(H,15,16). The van der Waals surface area contributed by atoms with E-state index >= 15 is 0 Å². The Hall–Kier alpha value is -3.30. The van der Waals surface area contributed by atoms with Gasteiger partial charge < -0.3 is 10.2 Å². The fourth-order valence-electron chi connectivity index (χ4n) is 4.83. The molecule has 0 atom stereocenters. The number of nitriles is 1. The van der Waals surface area contributed by atoms with Crippen LogP contribution in [0, 0.1) is 23.1 Å². The fraction of sp³-hybridized carbons (Fsp3) is 0.448. The Bertz CT molecular complexity index is 1430. The second-order valence-corrected chi connectivity index (χ2v) is 13.3. The molecule has 2 aliphatic carbocycles. The minimum atomic E-state index is -2.61. The summed E-state index contributed by atoms with van der Waals surface area (Å²) in [6.07, 6.45) is 5.98. The summed E-state index contributed by atoms with van der Waals surface area (Å²) in [6, 6.07) is 11.8. The molecule has 1 aromatic carbocycles. The van der Waals surface area contributed by atoms with Crippen LogP contribution in [0.2, 0.25) is 0 Å². The number of alkyl halides is 2. The number of benzene rings is 1. The first-order chi connectivity index (χ1) is 19.7. The molecule has 0 bridgehead atoms. The summed E-state index contributed by atoms with van der Waals surface area (Å²) >= 11 is 1.52. The van der Waals surface area contributed by atoms with Gasteiger partial charge in [0.1, 0.15) is 16.4 Å². The van der Waals surface area contributed by atoms with Crippen molar-refractivity contribution in [2.75, 3.05) is 29.5 Å². The number of carbonyl (C=O) groups excluding carboxylic acids is 1. The predicted molar refractivity (Wildman–Crippen MR) is 153 cm³/mol. The molecule has 6 rings (SSSR count). The molecule has 2 saturated carbocycles. The molecule has 216 valence electrons. The Morgan fingerprint density at radius 2 is 1.73 bits per heavy atom. The zero-order valence-corrected chi connectivity index (χ0v) is 24.0. The molecular formula is C29H30F3N5O2S2. The molecule has 3 heterocycles. The summed E-state index contributed by atoms with van der Waals surface area (Å²) in [7, 11) is -0.666. The highest BCUT2D eigenvalue weighted by Gasteiger charge is 2.46. The topological polar surface area (TPSA) is 99.0 Å². The molecular weight excluding hydrogens is 571 g/mol. The first-order valence-corrected chi connectivity index (χ1v) is 15.8. The average molecular weight is 602 g/mol. The van der Waals surface area contributed by atoms with Crippen LogP contribution in [-0.4, -0.2) is 56.1 Å². The van der Waals surface area contributed by atoms with E-state index in [0.29, 0.717) is 18.4 Å². The number of nitrogens with zero attached hydrogens (tertiary/aromatic N) is 4. The van der Waals surface area contributed by atoms with Crippen LogP contribution >= 0.6 is 11.3 Å². The fourth-order valence-corrected chi connectivity index (χ4v) is 6.79. The van der Waals surface area contributed by atoms with Crippen LogP contribution in [0.25, 0.3) is 21.0 Å². The maximum Gasteiger partial charge on any atom is 0.248 e. The smallest absolute Gasteiger partial charge is 0.248 e. The molecule has 12 heteroatoms. The molecule has 7 nitrogen and oxygen atoms in total. The molecule has 41 heavy (non-hydrogen) atoms. The van der Waals surface area contributed by atoms with Gasteiger partial charge in [0.05, 0.1) is 17.1 Å². The Morgan fingerprint density at radius 3 is 2.34 bits per heavy atom. The maximum absolute atomic E-state index is 13.3. The number of hydrogen-bond acceptors (Lipinski definition) is 7. The third-order valence-electron chi connectivity index (χ3n) is 7.57. The van der Waals surface area contributed by atoms with Gasteiger partial charge in [0.15, 0.2) is 0 Å². The number of thiazole rings is 1. The summed E-state index contributed by atoms with van der Waals surface area (Å²) in [5.41, 5.74) is 2.24. The van der Waals surface area contributed by atoms with Crippen LogP contribution in [0.5, 0.6) is 0 Å². The number of nitrogens with one attached hydrogen (secondary N) is 1. The van der Waals surface area contributed by atoms with E-state index in [4.69, 9.17) is 5.26 Å². The van der Waals surface area contributed by atoms with E-state index in [1.807, 2.05) is 6.20 Å². The summed E-state index contributed by atoms with van der Waals surface area (Å²) in [5, 5.41) is 12.2. The number of halogens is 3. The summed E-state index contributed by atoms with van der Waals surface area (Å²) in [5.74, 6) is -2.06. The van der Waals surface area contributed by atoms with Crippen molar-refractivity contribution in [2.24, 2.45) is 5.92 Å². The van der Waals surface area contributed by atoms with Gasteiger partial charge in [0.2, 0.25) is 11.8 Å². The molecule has 1 aliphatic heterocycles. The predicted octanol–water partition coefficient (Wildman–Crippen LogP) is 5.56. The maximum atomic E-state index is 13.3. The number of anilines is 1. The Labute approximate surface area is 243 Å². The van der Waals surface area contributed by atoms with Gasteiger partial charge in [-0.05, 0) is 49.4 Å². The van der Waals surface area contributed by atoms with Gasteiger partial charge in [-0.25, -0.2) is 18.2 Å². The largest absolute Gasteiger partial charge is 0.370 e. The molecule has 3 aliphatic rings. The highest BCUT2D eigenvalue weighted by Crippen LogP contribution is 2.39. The van der Waals surface area contributed by atoms with Crippen LogP contribution in [0.1, 0.15) is 38.5 Å². The SMILES string of the molecule is N#CC1(NC(=O)C2CCC(F)(F)CC2)CC1.O=S1CCN(c2ccc(-c3cnc(-c4cncc(F)c4)s3)cc2)CC1. The van der Waals surface area contributed by atoms with Crippen LogP contribution in [0.4, 0.5) is 18.9 Å². The molecule has 1 saturated heterocycles. The van der Waals surface area contributed by atoms with E-state index in [1.165, 1.54) is 23.6 Å². The normalized spacial score (nSPS) is 19.9. The lowest BCUT2D eigenvalue weighted by molar-refractivity contribution is -0.129. The van der Waals surface area contributed by atoms with Gasteiger partial charge in [-0.15, -0.1) is 11.3 Å². The summed E-state index contributed by atoms with van der Waals surface area (Å²) in [4.78, 5) is 23.3. The molecule has 1 amide bonds. The van der Waals surface area contributed by atoms with Crippen molar-refractivity contribution < 1.29 is 22.2 Å². The third-order valence-corrected chi connectivity index (χ3v) is 9.94. The van der Waals surface area contributed by atoms with Crippen molar-refractivity contribution in [3.05, 3.63) is 54.7 Å². The van der Waals surface area contributed by atoms with Crippen LogP contribution < -0.4 is 10.2 Å². The lowest BCUT2D eigenvalue weighted by Gasteiger charge is -2.28. The summed E-state index contributed by atoms with van der Waals surface area (Å²) < 4.78 is 50.5. The van der Waals surface area contributed by atoms with Crippen LogP contribution in [0.15, 0.2) is 48.9 Å². The average Bonchev–Trinajstić information content (AvgIpc) is 3.56. The van der Waals surface area contributed by atoms with Crippen molar-refractivity contribution in [3.8, 4) is 27.1 Å². The molecule has 3 aromatic rings. The van der Waals surface area contributed by atoms with Gasteiger partial charge >= 0.3 is 0 Å². The number of carbonyl (C=O) groups is 1. The quantitative estimate of drug-likeness (QED) is 0.411. The zero-order chi connectivity index (χ0) is 29.0. The van der Waals surface area contributed by atoms with Gasteiger partial charge in [-0.3, -0.25) is 14.0 Å². The van der Waals surface area contributed by atoms with Gasteiger partial charge in [-0.2, -0.15) is 5.26 Å². The van der Waals surface area contributed by atoms with E-state index in [9.17, 15) is 22.2 Å². The van der Waals surface area contributed by atoms with Gasteiger partial charge in [-0.1, -0.05) is 12.1 Å². The van der Waals surface area contributed by atoms with E-state index in [2.05, 4.69) is 50.5 Å². The molecule has 0 unspecified atom stereocenters. The van der Waals surface area contributed by atoms with Crippen LogP contribution in [0.3, 0.4) is 0 Å². The number of pyridine rings is 1. The number of rotatable bonds is 5. The first kappa shape index (κ1) is 29.2. The highest BCUT2D eigenvalue weighted by molar-refractivity contribution is 7.85. The Morgan fingerprint density at radius 1 is 1.05 bits per heavy atom.